The number of aryl methyl sites for hydroxylation is 3. The zero-order valence-electron chi connectivity index (χ0n) is 16.4. The van der Waals surface area contributed by atoms with Gasteiger partial charge in [-0.3, -0.25) is 9.59 Å². The van der Waals surface area contributed by atoms with Gasteiger partial charge >= 0.3 is 0 Å². The number of nitrogens with zero attached hydrogens (tertiary/aromatic N) is 2. The van der Waals surface area contributed by atoms with Crippen LogP contribution in [-0.2, 0) is 6.54 Å². The maximum Gasteiger partial charge on any atom is 0.255 e. The van der Waals surface area contributed by atoms with Gasteiger partial charge in [-0.15, -0.1) is 0 Å². The van der Waals surface area contributed by atoms with Gasteiger partial charge in [-0.1, -0.05) is 29.4 Å². The van der Waals surface area contributed by atoms with E-state index < -0.39 is 0 Å². The van der Waals surface area contributed by atoms with Gasteiger partial charge in [0.25, 0.3) is 11.8 Å². The summed E-state index contributed by atoms with van der Waals surface area (Å²) in [6.07, 6.45) is 0. The van der Waals surface area contributed by atoms with Gasteiger partial charge in [0.05, 0.1) is 12.2 Å². The van der Waals surface area contributed by atoms with E-state index in [4.69, 9.17) is 4.52 Å². The van der Waals surface area contributed by atoms with E-state index in [1.165, 1.54) is 0 Å². The maximum absolute atomic E-state index is 12.9. The molecule has 6 heteroatoms. The topological polar surface area (TPSA) is 75.4 Å². The summed E-state index contributed by atoms with van der Waals surface area (Å²) in [7, 11) is 1.73. The van der Waals surface area contributed by atoms with Crippen molar-refractivity contribution in [3.63, 3.8) is 0 Å². The quantitative estimate of drug-likeness (QED) is 0.726. The van der Waals surface area contributed by atoms with Crippen molar-refractivity contribution < 1.29 is 14.1 Å². The average molecular weight is 377 g/mol. The van der Waals surface area contributed by atoms with Gasteiger partial charge in [0, 0.05) is 29.4 Å². The molecule has 0 radical (unpaired) electrons. The first-order valence-corrected chi connectivity index (χ1v) is 9.01. The minimum Gasteiger partial charge on any atom is -0.361 e. The van der Waals surface area contributed by atoms with Crippen molar-refractivity contribution in [1.82, 2.24) is 10.1 Å². The first-order valence-electron chi connectivity index (χ1n) is 9.01. The molecule has 1 aromatic heterocycles. The third-order valence-electron chi connectivity index (χ3n) is 4.69. The molecular weight excluding hydrogens is 354 g/mol. The van der Waals surface area contributed by atoms with Crippen molar-refractivity contribution in [3.05, 3.63) is 82.2 Å². The smallest absolute Gasteiger partial charge is 0.255 e. The molecule has 0 aliphatic heterocycles. The van der Waals surface area contributed by atoms with E-state index in [9.17, 15) is 9.59 Å². The van der Waals surface area contributed by atoms with E-state index in [2.05, 4.69) is 10.5 Å². The minimum atomic E-state index is -0.211. The molecule has 144 valence electrons. The summed E-state index contributed by atoms with van der Waals surface area (Å²) in [6, 6.07) is 14.3. The van der Waals surface area contributed by atoms with E-state index in [1.54, 1.807) is 36.2 Å². The van der Waals surface area contributed by atoms with Crippen LogP contribution < -0.4 is 5.32 Å². The predicted molar refractivity (Wildman–Crippen MR) is 107 cm³/mol. The molecule has 2 amide bonds. The number of amides is 2. The maximum atomic E-state index is 12.9. The minimum absolute atomic E-state index is 0.143. The molecule has 1 N–H and O–H groups in total. The van der Waals surface area contributed by atoms with Gasteiger partial charge in [0.2, 0.25) is 0 Å². The molecule has 0 unspecified atom stereocenters. The predicted octanol–water partition coefficient (Wildman–Crippen LogP) is 4.12. The highest BCUT2D eigenvalue weighted by Crippen LogP contribution is 2.21. The van der Waals surface area contributed by atoms with Crippen LogP contribution in [0.4, 0.5) is 5.69 Å². The van der Waals surface area contributed by atoms with E-state index in [0.29, 0.717) is 29.1 Å². The molecule has 0 fully saturated rings. The molecule has 2 aromatic carbocycles. The van der Waals surface area contributed by atoms with Crippen molar-refractivity contribution in [2.45, 2.75) is 27.3 Å². The van der Waals surface area contributed by atoms with Gasteiger partial charge in [-0.25, -0.2) is 0 Å². The van der Waals surface area contributed by atoms with Crippen LogP contribution in [0.3, 0.4) is 0 Å². The standard InChI is InChI=1S/C22H23N3O3/c1-14-10-11-18(12-20(14)23-21(26)17-8-6-5-7-9-17)22(27)25(4)13-19-15(2)24-28-16(19)3/h5-12H,13H2,1-4H3,(H,23,26). The monoisotopic (exact) mass is 377 g/mol. The van der Waals surface area contributed by atoms with Crippen molar-refractivity contribution in [3.8, 4) is 0 Å². The lowest BCUT2D eigenvalue weighted by Crippen LogP contribution is -2.27. The zero-order chi connectivity index (χ0) is 20.3. The normalized spacial score (nSPS) is 10.6. The number of carbonyl (C=O) groups is 2. The molecular formula is C22H23N3O3. The van der Waals surface area contributed by atoms with Crippen LogP contribution in [0.5, 0.6) is 0 Å². The van der Waals surface area contributed by atoms with Crippen LogP contribution in [0, 0.1) is 20.8 Å². The SMILES string of the molecule is Cc1ccc(C(=O)N(C)Cc2c(C)noc2C)cc1NC(=O)c1ccccc1. The van der Waals surface area contributed by atoms with Gasteiger partial charge in [-0.05, 0) is 50.6 Å². The van der Waals surface area contributed by atoms with Gasteiger partial charge in [0.15, 0.2) is 0 Å². The highest BCUT2D eigenvalue weighted by Gasteiger charge is 2.18. The molecule has 3 aromatic rings. The van der Waals surface area contributed by atoms with Crippen molar-refractivity contribution in [2.24, 2.45) is 0 Å². The highest BCUT2D eigenvalue weighted by atomic mass is 16.5. The Morgan fingerprint density at radius 3 is 2.39 bits per heavy atom. The third-order valence-corrected chi connectivity index (χ3v) is 4.69. The summed E-state index contributed by atoms with van der Waals surface area (Å²) in [5.41, 5.74) is 4.24. The summed E-state index contributed by atoms with van der Waals surface area (Å²) in [5.74, 6) is 0.351. The lowest BCUT2D eigenvalue weighted by atomic mass is 10.1. The molecule has 28 heavy (non-hydrogen) atoms. The van der Waals surface area contributed by atoms with Crippen LogP contribution >= 0.6 is 0 Å². The molecule has 0 atom stereocenters. The number of benzene rings is 2. The van der Waals surface area contributed by atoms with Crippen molar-refractivity contribution in [2.75, 3.05) is 12.4 Å². The Hall–Kier alpha value is -3.41. The Balaban J connectivity index is 1.78. The number of carbonyl (C=O) groups excluding carboxylic acids is 2. The molecule has 3 rings (SSSR count). The van der Waals surface area contributed by atoms with Crippen molar-refractivity contribution >= 4 is 17.5 Å². The fraction of sp³-hybridized carbons (Fsp3) is 0.227. The van der Waals surface area contributed by atoms with Crippen LogP contribution in [0.1, 0.15) is 43.3 Å². The second-order valence-corrected chi connectivity index (χ2v) is 6.81. The van der Waals surface area contributed by atoms with E-state index >= 15 is 0 Å². The fourth-order valence-electron chi connectivity index (χ4n) is 2.93. The lowest BCUT2D eigenvalue weighted by Gasteiger charge is -2.18. The number of hydrogen-bond donors (Lipinski definition) is 1. The molecule has 0 spiro atoms. The summed E-state index contributed by atoms with van der Waals surface area (Å²) >= 11 is 0. The van der Waals surface area contributed by atoms with E-state index in [1.807, 2.05) is 45.0 Å². The van der Waals surface area contributed by atoms with E-state index in [-0.39, 0.29) is 11.8 Å². The van der Waals surface area contributed by atoms with Gasteiger partial charge in [0.1, 0.15) is 5.76 Å². The second kappa shape index (κ2) is 8.08. The van der Waals surface area contributed by atoms with Gasteiger partial charge < -0.3 is 14.7 Å². The Kier molecular flexibility index (Phi) is 5.59. The molecule has 0 saturated heterocycles. The number of hydrogen-bond acceptors (Lipinski definition) is 4. The van der Waals surface area contributed by atoms with Crippen LogP contribution in [0.15, 0.2) is 53.1 Å². The molecule has 0 aliphatic rings. The number of nitrogens with one attached hydrogen (secondary N) is 1. The lowest BCUT2D eigenvalue weighted by molar-refractivity contribution is 0.0784. The van der Waals surface area contributed by atoms with Crippen LogP contribution in [0.25, 0.3) is 0 Å². The molecule has 0 saturated carbocycles. The first-order chi connectivity index (χ1) is 13.4. The number of anilines is 1. The second-order valence-electron chi connectivity index (χ2n) is 6.81. The first kappa shape index (κ1) is 19.4. The summed E-state index contributed by atoms with van der Waals surface area (Å²) < 4.78 is 5.17. The summed E-state index contributed by atoms with van der Waals surface area (Å²) in [5, 5.41) is 6.82. The van der Waals surface area contributed by atoms with Crippen LogP contribution in [-0.4, -0.2) is 28.9 Å². The number of rotatable bonds is 5. The van der Waals surface area contributed by atoms with Gasteiger partial charge in [-0.2, -0.15) is 0 Å². The Bertz CT molecular complexity index is 990. The zero-order valence-corrected chi connectivity index (χ0v) is 16.4. The summed E-state index contributed by atoms with van der Waals surface area (Å²) in [6.45, 7) is 5.98. The van der Waals surface area contributed by atoms with Crippen LogP contribution in [0.2, 0.25) is 0 Å². The fourth-order valence-corrected chi connectivity index (χ4v) is 2.93. The average Bonchev–Trinajstić information content (AvgIpc) is 3.01. The highest BCUT2D eigenvalue weighted by molar-refractivity contribution is 6.05. The molecule has 1 heterocycles. The van der Waals surface area contributed by atoms with Crippen molar-refractivity contribution in [1.29, 1.82) is 0 Å². The Morgan fingerprint density at radius 1 is 1.04 bits per heavy atom. The largest absolute Gasteiger partial charge is 0.361 e. The Labute approximate surface area is 164 Å². The van der Waals surface area contributed by atoms with E-state index in [0.717, 1.165) is 16.8 Å². The molecule has 0 bridgehead atoms. The number of aromatic nitrogens is 1. The molecule has 0 aliphatic carbocycles. The third kappa shape index (κ3) is 4.11. The summed E-state index contributed by atoms with van der Waals surface area (Å²) in [4.78, 5) is 26.9. The molecule has 6 nitrogen and oxygen atoms in total. The Morgan fingerprint density at radius 2 is 1.75 bits per heavy atom.